The maximum Gasteiger partial charge on any atom is 0.344 e. The van der Waals surface area contributed by atoms with Crippen LogP contribution in [0.5, 0.6) is 11.5 Å². The Labute approximate surface area is 300 Å². The van der Waals surface area contributed by atoms with Crippen molar-refractivity contribution in [3.8, 4) is 11.5 Å². The molecule has 50 heavy (non-hydrogen) atoms. The van der Waals surface area contributed by atoms with Crippen LogP contribution in [0.1, 0.15) is 67.9 Å². The van der Waals surface area contributed by atoms with Crippen molar-refractivity contribution in [3.63, 3.8) is 0 Å². The number of imide groups is 1. The highest BCUT2D eigenvalue weighted by Crippen LogP contribution is 2.51. The average molecular weight is 748 g/mol. The highest BCUT2D eigenvalue weighted by atomic mass is 35.5. The number of esters is 4. The molecule has 0 radical (unpaired) electrons. The first-order valence-electron chi connectivity index (χ1n) is 15.5. The van der Waals surface area contributed by atoms with Gasteiger partial charge in [-0.15, -0.1) is 22.7 Å². The lowest BCUT2D eigenvalue weighted by Crippen LogP contribution is -2.31. The molecule has 266 valence electrons. The molecule has 1 aromatic carbocycles. The summed E-state index contributed by atoms with van der Waals surface area (Å²) in [5.74, 6) is -5.05. The first kappa shape index (κ1) is 38.1. The third-order valence-electron chi connectivity index (χ3n) is 6.94. The van der Waals surface area contributed by atoms with Gasteiger partial charge in [-0.25, -0.2) is 24.1 Å². The molecule has 1 aliphatic heterocycles. The zero-order valence-corrected chi connectivity index (χ0v) is 30.5. The summed E-state index contributed by atoms with van der Waals surface area (Å²) in [4.78, 5) is 82.0. The Morgan fingerprint density at radius 1 is 0.640 bits per heavy atom. The van der Waals surface area contributed by atoms with Crippen molar-refractivity contribution in [1.82, 2.24) is 0 Å². The molecule has 2 amide bonds. The second-order valence-corrected chi connectivity index (χ2v) is 13.1. The van der Waals surface area contributed by atoms with Crippen molar-refractivity contribution in [2.75, 3.05) is 44.5 Å². The highest BCUT2D eigenvalue weighted by Gasteiger charge is 2.46. The Kier molecular flexibility index (Phi) is 12.8. The van der Waals surface area contributed by atoms with Gasteiger partial charge < -0.3 is 28.4 Å². The number of thiophene rings is 2. The molecule has 0 atom stereocenters. The molecular formula is C34H34ClNO12S2. The first-order chi connectivity index (χ1) is 23.9. The molecular weight excluding hydrogens is 714 g/mol. The molecule has 0 spiro atoms. The van der Waals surface area contributed by atoms with Crippen LogP contribution in [0.2, 0.25) is 5.02 Å². The Morgan fingerprint density at radius 3 is 1.38 bits per heavy atom. The van der Waals surface area contributed by atoms with Crippen molar-refractivity contribution in [3.05, 3.63) is 59.9 Å². The van der Waals surface area contributed by atoms with Crippen LogP contribution in [0, 0.1) is 13.8 Å². The van der Waals surface area contributed by atoms with E-state index in [1.807, 2.05) is 0 Å². The molecule has 0 saturated carbocycles. The number of anilines is 1. The number of ether oxygens (including phenoxy) is 6. The summed E-state index contributed by atoms with van der Waals surface area (Å²) in [6.45, 7) is 8.55. The molecule has 3 heterocycles. The fraction of sp³-hybridized carbons (Fsp3) is 0.353. The van der Waals surface area contributed by atoms with Crippen LogP contribution in [0.3, 0.4) is 0 Å². The van der Waals surface area contributed by atoms with E-state index >= 15 is 0 Å². The highest BCUT2D eigenvalue weighted by molar-refractivity contribution is 7.16. The number of amides is 2. The molecule has 0 fully saturated rings. The van der Waals surface area contributed by atoms with E-state index in [2.05, 4.69) is 0 Å². The van der Waals surface area contributed by atoms with E-state index < -0.39 is 48.9 Å². The van der Waals surface area contributed by atoms with Gasteiger partial charge in [-0.1, -0.05) is 11.6 Å². The maximum atomic E-state index is 14.5. The van der Waals surface area contributed by atoms with E-state index in [0.29, 0.717) is 14.8 Å². The second-order valence-electron chi connectivity index (χ2n) is 10.2. The summed E-state index contributed by atoms with van der Waals surface area (Å²) >= 11 is 8.02. The molecule has 0 unspecified atom stereocenters. The summed E-state index contributed by atoms with van der Waals surface area (Å²) in [7, 11) is 0. The number of aryl methyl sites for hydroxylation is 2. The lowest BCUT2D eigenvalue weighted by molar-refractivity contribution is -0.146. The second kappa shape index (κ2) is 16.8. The lowest BCUT2D eigenvalue weighted by atomic mass is 10.0. The number of halogens is 1. The van der Waals surface area contributed by atoms with E-state index in [4.69, 9.17) is 40.0 Å². The van der Waals surface area contributed by atoms with E-state index in [0.717, 1.165) is 27.6 Å². The minimum Gasteiger partial charge on any atom is -0.479 e. The van der Waals surface area contributed by atoms with Crippen LogP contribution in [-0.4, -0.2) is 75.3 Å². The van der Waals surface area contributed by atoms with E-state index in [1.54, 1.807) is 41.5 Å². The predicted molar refractivity (Wildman–Crippen MR) is 185 cm³/mol. The Hall–Kier alpha value is -4.73. The number of rotatable bonds is 15. The van der Waals surface area contributed by atoms with Crippen molar-refractivity contribution < 1.29 is 57.2 Å². The molecule has 3 aromatic rings. The minimum absolute atomic E-state index is 0.0166. The molecule has 0 N–H and O–H groups in total. The molecule has 0 aliphatic carbocycles. The molecule has 2 aromatic heterocycles. The Morgan fingerprint density at radius 2 is 1.02 bits per heavy atom. The van der Waals surface area contributed by atoms with Gasteiger partial charge in [-0.3, -0.25) is 9.59 Å². The topological polar surface area (TPSA) is 161 Å². The fourth-order valence-corrected chi connectivity index (χ4v) is 7.36. The number of hydrogen-bond donors (Lipinski definition) is 0. The fourth-order valence-electron chi connectivity index (χ4n) is 4.97. The van der Waals surface area contributed by atoms with E-state index in [-0.39, 0.29) is 75.6 Å². The van der Waals surface area contributed by atoms with Gasteiger partial charge in [0, 0.05) is 14.8 Å². The van der Waals surface area contributed by atoms with Gasteiger partial charge in [0.2, 0.25) is 0 Å². The number of carbonyl (C=O) groups is 6. The van der Waals surface area contributed by atoms with Gasteiger partial charge in [-0.05, 0) is 65.8 Å². The van der Waals surface area contributed by atoms with Crippen LogP contribution in [0.25, 0.3) is 11.1 Å². The van der Waals surface area contributed by atoms with Crippen LogP contribution < -0.4 is 14.4 Å². The zero-order valence-electron chi connectivity index (χ0n) is 28.1. The minimum atomic E-state index is -0.815. The van der Waals surface area contributed by atoms with Gasteiger partial charge in [-0.2, -0.15) is 0 Å². The number of carbonyl (C=O) groups excluding carboxylic acids is 6. The van der Waals surface area contributed by atoms with E-state index in [1.165, 1.54) is 24.3 Å². The van der Waals surface area contributed by atoms with Gasteiger partial charge in [0.1, 0.15) is 11.1 Å². The molecule has 1 aliphatic rings. The maximum absolute atomic E-state index is 14.5. The molecule has 0 saturated heterocycles. The summed E-state index contributed by atoms with van der Waals surface area (Å²) in [6.07, 6.45) is 0. The molecule has 13 nitrogen and oxygen atoms in total. The van der Waals surface area contributed by atoms with Crippen molar-refractivity contribution in [2.45, 2.75) is 41.5 Å². The zero-order chi connectivity index (χ0) is 36.7. The van der Waals surface area contributed by atoms with Crippen molar-refractivity contribution >= 4 is 86.8 Å². The Bertz CT molecular complexity index is 1750. The Balaban J connectivity index is 2.06. The third-order valence-corrected chi connectivity index (χ3v) is 9.40. The lowest BCUT2D eigenvalue weighted by Gasteiger charge is -2.15. The predicted octanol–water partition coefficient (Wildman–Crippen LogP) is 5.80. The van der Waals surface area contributed by atoms with E-state index in [9.17, 15) is 28.8 Å². The van der Waals surface area contributed by atoms with Gasteiger partial charge >= 0.3 is 23.9 Å². The number of nitrogens with zero attached hydrogens (tertiary/aromatic N) is 1. The monoisotopic (exact) mass is 747 g/mol. The van der Waals surface area contributed by atoms with Crippen molar-refractivity contribution in [2.24, 2.45) is 0 Å². The quantitative estimate of drug-likeness (QED) is 0.105. The largest absolute Gasteiger partial charge is 0.479 e. The smallest absolute Gasteiger partial charge is 0.344 e. The van der Waals surface area contributed by atoms with Crippen LogP contribution in [0.15, 0.2) is 24.3 Å². The summed E-state index contributed by atoms with van der Waals surface area (Å²) in [5.41, 5.74) is -0.379. The van der Waals surface area contributed by atoms with Gasteiger partial charge in [0.05, 0.1) is 53.0 Å². The summed E-state index contributed by atoms with van der Waals surface area (Å²) in [6, 6.07) is 5.95. The SMILES string of the molecule is CCOC(=O)COc1c(C2=C(c3sc(C)c(C(=O)OCC)c3OCC(=O)OCC)C(=O)N(c3ccc(Cl)cc3)C2=O)sc(C)c1C(=O)OCC. The molecule has 16 heteroatoms. The van der Waals surface area contributed by atoms with Crippen LogP contribution >= 0.6 is 34.3 Å². The normalized spacial score (nSPS) is 12.7. The van der Waals surface area contributed by atoms with Crippen LogP contribution in [0.4, 0.5) is 5.69 Å². The van der Waals surface area contributed by atoms with Crippen molar-refractivity contribution in [1.29, 1.82) is 0 Å². The number of benzene rings is 1. The standard InChI is InChI=1S/C34H34ClNO12S2/c1-7-43-21(37)15-47-27-23(33(41)45-9-3)17(5)49-29(27)25-26(32(40)36(31(25)39)20-13-11-19(35)12-14-20)30-28(48-16-22(38)44-8-2)24(18(6)50-30)34(42)46-10-4/h11-14H,7-10,15-16H2,1-6H3. The molecule has 0 bridgehead atoms. The average Bonchev–Trinajstić information content (AvgIpc) is 3.66. The molecule has 4 rings (SSSR count). The summed E-state index contributed by atoms with van der Waals surface area (Å²) < 4.78 is 32.3. The summed E-state index contributed by atoms with van der Waals surface area (Å²) in [5, 5.41) is 0.353. The first-order valence-corrected chi connectivity index (χ1v) is 17.5. The van der Waals surface area contributed by atoms with Gasteiger partial charge in [0.25, 0.3) is 11.8 Å². The van der Waals surface area contributed by atoms with Crippen LogP contribution in [-0.2, 0) is 38.1 Å². The van der Waals surface area contributed by atoms with Gasteiger partial charge in [0.15, 0.2) is 24.7 Å². The number of hydrogen-bond acceptors (Lipinski definition) is 14. The third kappa shape index (κ3) is 7.85.